The molecule has 3 rings (SSSR count). The number of alkyl halides is 3. The van der Waals surface area contributed by atoms with Crippen molar-refractivity contribution in [3.05, 3.63) is 59.0 Å². The third kappa shape index (κ3) is 3.93. The van der Waals surface area contributed by atoms with E-state index in [1.807, 2.05) is 31.2 Å². The van der Waals surface area contributed by atoms with Crippen LogP contribution < -0.4 is 10.1 Å². The molecule has 0 aliphatic rings. The number of anilines is 2. The van der Waals surface area contributed by atoms with Gasteiger partial charge in [-0.25, -0.2) is 4.98 Å². The summed E-state index contributed by atoms with van der Waals surface area (Å²) in [6.07, 6.45) is -4.37. The van der Waals surface area contributed by atoms with E-state index in [9.17, 15) is 13.2 Å². The summed E-state index contributed by atoms with van der Waals surface area (Å²) >= 11 is 1.39. The van der Waals surface area contributed by atoms with Crippen LogP contribution in [0.5, 0.6) is 5.75 Å². The number of hydrogen-bond acceptors (Lipinski definition) is 4. The predicted octanol–water partition coefficient (Wildman–Crippen LogP) is 5.89. The molecular formula is C18H15F3N2OS. The van der Waals surface area contributed by atoms with Crippen LogP contribution in [-0.4, -0.2) is 12.1 Å². The Bertz CT molecular complexity index is 873. The van der Waals surface area contributed by atoms with Crippen LogP contribution in [0.2, 0.25) is 0 Å². The molecule has 0 spiro atoms. The van der Waals surface area contributed by atoms with Crippen molar-refractivity contribution in [3.8, 4) is 17.0 Å². The molecule has 0 saturated carbocycles. The van der Waals surface area contributed by atoms with E-state index in [0.29, 0.717) is 10.8 Å². The summed E-state index contributed by atoms with van der Waals surface area (Å²) in [6, 6.07) is 12.5. The van der Waals surface area contributed by atoms with Gasteiger partial charge < -0.3 is 10.1 Å². The Labute approximate surface area is 147 Å². The highest BCUT2D eigenvalue weighted by molar-refractivity contribution is 7.16. The number of nitrogens with zero attached hydrogens (tertiary/aromatic N) is 1. The van der Waals surface area contributed by atoms with Gasteiger partial charge in [-0.05, 0) is 49.4 Å². The Morgan fingerprint density at radius 2 is 1.80 bits per heavy atom. The number of benzene rings is 2. The maximum absolute atomic E-state index is 12.8. The number of nitrogens with one attached hydrogen (secondary N) is 1. The van der Waals surface area contributed by atoms with Crippen LogP contribution in [0, 0.1) is 6.92 Å². The second kappa shape index (κ2) is 6.76. The number of aryl methyl sites for hydroxylation is 1. The van der Waals surface area contributed by atoms with Crippen molar-refractivity contribution >= 4 is 22.2 Å². The number of methoxy groups -OCH3 is 1. The Morgan fingerprint density at radius 3 is 2.44 bits per heavy atom. The standard InChI is InChI=1S/C18H15F3N2OS/c1-11-16(12-6-8-15(24-2)9-7-12)23-17(25-11)22-14-5-3-4-13(10-14)18(19,20)21/h3-10H,1-2H3,(H,22,23). The average molecular weight is 364 g/mol. The van der Waals surface area contributed by atoms with Crippen LogP contribution in [0.25, 0.3) is 11.3 Å². The van der Waals surface area contributed by atoms with Crippen LogP contribution in [-0.2, 0) is 6.18 Å². The van der Waals surface area contributed by atoms with Crippen molar-refractivity contribution in [1.82, 2.24) is 4.98 Å². The number of rotatable bonds is 4. The van der Waals surface area contributed by atoms with Crippen molar-refractivity contribution < 1.29 is 17.9 Å². The van der Waals surface area contributed by atoms with E-state index >= 15 is 0 Å². The summed E-state index contributed by atoms with van der Waals surface area (Å²) in [5, 5.41) is 3.50. The first kappa shape index (κ1) is 17.3. The fourth-order valence-electron chi connectivity index (χ4n) is 2.36. The van der Waals surface area contributed by atoms with Crippen molar-refractivity contribution in [2.45, 2.75) is 13.1 Å². The number of halogens is 3. The van der Waals surface area contributed by atoms with Crippen molar-refractivity contribution in [1.29, 1.82) is 0 Å². The fraction of sp³-hybridized carbons (Fsp3) is 0.167. The monoisotopic (exact) mass is 364 g/mol. The van der Waals surface area contributed by atoms with Gasteiger partial charge in [0.1, 0.15) is 5.75 Å². The smallest absolute Gasteiger partial charge is 0.416 e. The number of thiazole rings is 1. The SMILES string of the molecule is COc1ccc(-c2nc(Nc3cccc(C(F)(F)F)c3)sc2C)cc1. The van der Waals surface area contributed by atoms with Gasteiger partial charge in [0, 0.05) is 16.1 Å². The molecule has 1 aromatic heterocycles. The first-order valence-electron chi connectivity index (χ1n) is 7.43. The van der Waals surface area contributed by atoms with E-state index in [2.05, 4.69) is 10.3 Å². The summed E-state index contributed by atoms with van der Waals surface area (Å²) < 4.78 is 43.6. The average Bonchev–Trinajstić information content (AvgIpc) is 2.95. The van der Waals surface area contributed by atoms with Gasteiger partial charge in [0.2, 0.25) is 0 Å². The third-order valence-electron chi connectivity index (χ3n) is 3.60. The lowest BCUT2D eigenvalue weighted by atomic mass is 10.1. The van der Waals surface area contributed by atoms with Crippen LogP contribution in [0.4, 0.5) is 24.0 Å². The summed E-state index contributed by atoms with van der Waals surface area (Å²) in [7, 11) is 1.60. The molecule has 0 atom stereocenters. The van der Waals surface area contributed by atoms with E-state index in [-0.39, 0.29) is 0 Å². The van der Waals surface area contributed by atoms with Gasteiger partial charge in [0.25, 0.3) is 0 Å². The van der Waals surface area contributed by atoms with E-state index in [4.69, 9.17) is 4.74 Å². The van der Waals surface area contributed by atoms with Crippen molar-refractivity contribution in [2.24, 2.45) is 0 Å². The van der Waals surface area contributed by atoms with Gasteiger partial charge in [-0.2, -0.15) is 13.2 Å². The normalized spacial score (nSPS) is 11.4. The van der Waals surface area contributed by atoms with Gasteiger partial charge in [0.05, 0.1) is 18.4 Å². The minimum Gasteiger partial charge on any atom is -0.497 e. The van der Waals surface area contributed by atoms with E-state index < -0.39 is 11.7 Å². The fourth-order valence-corrected chi connectivity index (χ4v) is 3.22. The predicted molar refractivity (Wildman–Crippen MR) is 93.6 cm³/mol. The van der Waals surface area contributed by atoms with Gasteiger partial charge in [-0.1, -0.05) is 6.07 Å². The van der Waals surface area contributed by atoms with Gasteiger partial charge in [-0.15, -0.1) is 11.3 Å². The lowest BCUT2D eigenvalue weighted by Crippen LogP contribution is -2.05. The molecule has 0 fully saturated rings. The molecule has 0 aliphatic carbocycles. The Kier molecular flexibility index (Phi) is 4.67. The zero-order chi connectivity index (χ0) is 18.0. The van der Waals surface area contributed by atoms with Gasteiger partial charge in [-0.3, -0.25) is 0 Å². The molecule has 0 amide bonds. The Morgan fingerprint density at radius 1 is 1.08 bits per heavy atom. The lowest BCUT2D eigenvalue weighted by Gasteiger charge is -2.08. The molecule has 0 saturated heterocycles. The molecular weight excluding hydrogens is 349 g/mol. The zero-order valence-corrected chi connectivity index (χ0v) is 14.3. The quantitative estimate of drug-likeness (QED) is 0.627. The van der Waals surface area contributed by atoms with E-state index in [0.717, 1.165) is 34.0 Å². The number of aromatic nitrogens is 1. The molecule has 3 nitrogen and oxygen atoms in total. The molecule has 25 heavy (non-hydrogen) atoms. The molecule has 0 bridgehead atoms. The van der Waals surface area contributed by atoms with Crippen LogP contribution in [0.1, 0.15) is 10.4 Å². The zero-order valence-electron chi connectivity index (χ0n) is 13.5. The maximum Gasteiger partial charge on any atom is 0.416 e. The molecule has 7 heteroatoms. The number of ether oxygens (including phenoxy) is 1. The third-order valence-corrected chi connectivity index (χ3v) is 4.49. The molecule has 0 aliphatic heterocycles. The lowest BCUT2D eigenvalue weighted by molar-refractivity contribution is -0.137. The second-order valence-corrected chi connectivity index (χ2v) is 6.56. The topological polar surface area (TPSA) is 34.1 Å². The molecule has 1 heterocycles. The van der Waals surface area contributed by atoms with Gasteiger partial charge in [0.15, 0.2) is 5.13 Å². The molecule has 2 aromatic carbocycles. The first-order chi connectivity index (χ1) is 11.9. The summed E-state index contributed by atoms with van der Waals surface area (Å²) in [6.45, 7) is 1.93. The van der Waals surface area contributed by atoms with Crippen LogP contribution in [0.3, 0.4) is 0 Å². The minimum absolute atomic E-state index is 0.352. The summed E-state index contributed by atoms with van der Waals surface area (Å²) in [5.74, 6) is 0.749. The molecule has 1 N–H and O–H groups in total. The summed E-state index contributed by atoms with van der Waals surface area (Å²) in [5.41, 5.74) is 1.37. The highest BCUT2D eigenvalue weighted by Crippen LogP contribution is 2.34. The second-order valence-electron chi connectivity index (χ2n) is 5.36. The highest BCUT2D eigenvalue weighted by atomic mass is 32.1. The summed E-state index contributed by atoms with van der Waals surface area (Å²) in [4.78, 5) is 5.48. The molecule has 0 unspecified atom stereocenters. The van der Waals surface area contributed by atoms with Crippen LogP contribution >= 0.6 is 11.3 Å². The van der Waals surface area contributed by atoms with Crippen molar-refractivity contribution in [3.63, 3.8) is 0 Å². The Hall–Kier alpha value is -2.54. The van der Waals surface area contributed by atoms with Crippen molar-refractivity contribution in [2.75, 3.05) is 12.4 Å². The molecule has 3 aromatic rings. The minimum atomic E-state index is -4.37. The largest absolute Gasteiger partial charge is 0.497 e. The molecule has 130 valence electrons. The first-order valence-corrected chi connectivity index (χ1v) is 8.24. The van der Waals surface area contributed by atoms with E-state index in [1.54, 1.807) is 13.2 Å². The number of hydrogen-bond donors (Lipinski definition) is 1. The maximum atomic E-state index is 12.8. The van der Waals surface area contributed by atoms with Gasteiger partial charge >= 0.3 is 6.18 Å². The van der Waals surface area contributed by atoms with E-state index in [1.165, 1.54) is 17.4 Å². The molecule has 0 radical (unpaired) electrons. The van der Waals surface area contributed by atoms with Crippen LogP contribution in [0.15, 0.2) is 48.5 Å². The highest BCUT2D eigenvalue weighted by Gasteiger charge is 2.30. The Balaban J connectivity index is 1.85.